The lowest BCUT2D eigenvalue weighted by atomic mass is 10.3. The maximum atomic E-state index is 10.5. The molecule has 1 N–H and O–H groups in total. The Morgan fingerprint density at radius 1 is 1.42 bits per heavy atom. The molecule has 0 aliphatic heterocycles. The highest BCUT2D eigenvalue weighted by Gasteiger charge is 2.03. The Labute approximate surface area is 114 Å². The molecule has 100 valence electrons. The summed E-state index contributed by atoms with van der Waals surface area (Å²) in [7, 11) is 0. The van der Waals surface area contributed by atoms with Gasteiger partial charge in [0.05, 0.1) is 12.3 Å². The summed E-state index contributed by atoms with van der Waals surface area (Å²) in [5.74, 6) is -0.317. The molecule has 0 aliphatic carbocycles. The topological polar surface area (TPSA) is 74.3 Å². The van der Waals surface area contributed by atoms with Crippen LogP contribution in [-0.4, -0.2) is 17.6 Å². The number of nitrogens with one attached hydrogen (secondary N) is 1. The van der Waals surface area contributed by atoms with E-state index in [-0.39, 0.29) is 6.42 Å². The molecular weight excluding hydrogens is 264 g/mol. The minimum absolute atomic E-state index is 0.165. The molecule has 5 nitrogen and oxygen atoms in total. The summed E-state index contributed by atoms with van der Waals surface area (Å²) in [5.41, 5.74) is 1.37. The van der Waals surface area contributed by atoms with Gasteiger partial charge >= 0.3 is 0 Å². The van der Waals surface area contributed by atoms with Crippen LogP contribution in [-0.2, 0) is 11.2 Å². The van der Waals surface area contributed by atoms with Crippen LogP contribution in [0.5, 0.6) is 5.75 Å². The van der Waals surface area contributed by atoms with Crippen molar-refractivity contribution >= 4 is 28.1 Å². The molecule has 2 aromatic rings. The highest BCUT2D eigenvalue weighted by Crippen LogP contribution is 2.23. The molecule has 19 heavy (non-hydrogen) atoms. The van der Waals surface area contributed by atoms with Gasteiger partial charge in [-0.1, -0.05) is 0 Å². The Morgan fingerprint density at radius 3 is 2.79 bits per heavy atom. The van der Waals surface area contributed by atoms with Crippen LogP contribution < -0.4 is 15.2 Å². The molecule has 0 unspecified atom stereocenters. The SMILES string of the molecule is CCOc1ccc(Nc2nc(CC(=O)[O-])cs2)cc1. The van der Waals surface area contributed by atoms with E-state index in [1.807, 2.05) is 31.2 Å². The van der Waals surface area contributed by atoms with Crippen molar-refractivity contribution in [3.63, 3.8) is 0 Å². The Morgan fingerprint density at radius 2 is 2.16 bits per heavy atom. The highest BCUT2D eigenvalue weighted by atomic mass is 32.1. The van der Waals surface area contributed by atoms with Gasteiger partial charge in [-0.15, -0.1) is 11.3 Å². The minimum Gasteiger partial charge on any atom is -0.550 e. The Hall–Kier alpha value is -2.08. The zero-order chi connectivity index (χ0) is 13.7. The minimum atomic E-state index is -1.13. The number of carbonyl (C=O) groups is 1. The number of hydrogen-bond acceptors (Lipinski definition) is 6. The number of nitrogens with zero attached hydrogens (tertiary/aromatic N) is 1. The van der Waals surface area contributed by atoms with Gasteiger partial charge in [-0.3, -0.25) is 0 Å². The predicted octanol–water partition coefficient (Wildman–Crippen LogP) is 1.58. The Kier molecular flexibility index (Phi) is 4.35. The first-order valence-electron chi connectivity index (χ1n) is 5.81. The second-order valence-corrected chi connectivity index (χ2v) is 4.63. The van der Waals surface area contributed by atoms with Crippen LogP contribution in [0.4, 0.5) is 10.8 Å². The second kappa shape index (κ2) is 6.19. The number of benzene rings is 1. The van der Waals surface area contributed by atoms with Gasteiger partial charge in [-0.05, 0) is 31.2 Å². The number of anilines is 2. The number of rotatable bonds is 6. The van der Waals surface area contributed by atoms with Crippen LogP contribution >= 0.6 is 11.3 Å². The quantitative estimate of drug-likeness (QED) is 0.867. The average molecular weight is 277 g/mol. The van der Waals surface area contributed by atoms with E-state index in [0.717, 1.165) is 11.4 Å². The summed E-state index contributed by atoms with van der Waals surface area (Å²) in [4.78, 5) is 14.6. The van der Waals surface area contributed by atoms with Gasteiger partial charge in [-0.2, -0.15) is 0 Å². The number of carbonyl (C=O) groups excluding carboxylic acids is 1. The van der Waals surface area contributed by atoms with Crippen molar-refractivity contribution in [2.45, 2.75) is 13.3 Å². The molecule has 2 rings (SSSR count). The Bertz CT molecular complexity index is 551. The molecule has 0 aliphatic rings. The van der Waals surface area contributed by atoms with Gasteiger partial charge in [-0.25, -0.2) is 4.98 Å². The fraction of sp³-hybridized carbons (Fsp3) is 0.231. The van der Waals surface area contributed by atoms with E-state index in [9.17, 15) is 9.90 Å². The average Bonchev–Trinajstić information content (AvgIpc) is 2.78. The zero-order valence-corrected chi connectivity index (χ0v) is 11.2. The summed E-state index contributed by atoms with van der Waals surface area (Å²) in [6.07, 6.45) is -0.165. The molecule has 1 aromatic heterocycles. The second-order valence-electron chi connectivity index (χ2n) is 3.78. The van der Waals surface area contributed by atoms with Gasteiger partial charge in [0.25, 0.3) is 0 Å². The summed E-state index contributed by atoms with van der Waals surface area (Å²) in [6, 6.07) is 7.48. The lowest BCUT2D eigenvalue weighted by Crippen LogP contribution is -2.24. The molecule has 0 saturated heterocycles. The van der Waals surface area contributed by atoms with Crippen LogP contribution in [0.2, 0.25) is 0 Å². The molecule has 1 heterocycles. The number of aromatic nitrogens is 1. The molecular formula is C13H13N2O3S-. The lowest BCUT2D eigenvalue weighted by molar-refractivity contribution is -0.304. The highest BCUT2D eigenvalue weighted by molar-refractivity contribution is 7.13. The van der Waals surface area contributed by atoms with Gasteiger partial charge in [0.2, 0.25) is 0 Å². The first kappa shape index (κ1) is 13.4. The van der Waals surface area contributed by atoms with E-state index in [4.69, 9.17) is 4.74 Å². The molecule has 0 fully saturated rings. The van der Waals surface area contributed by atoms with E-state index in [1.165, 1.54) is 11.3 Å². The van der Waals surface area contributed by atoms with E-state index < -0.39 is 5.97 Å². The summed E-state index contributed by atoms with van der Waals surface area (Å²) in [6.45, 7) is 2.56. The molecule has 0 radical (unpaired) electrons. The predicted molar refractivity (Wildman–Crippen MR) is 71.7 cm³/mol. The summed E-state index contributed by atoms with van der Waals surface area (Å²) >= 11 is 1.36. The first-order valence-corrected chi connectivity index (χ1v) is 6.69. The number of hydrogen-bond donors (Lipinski definition) is 1. The molecule has 0 atom stereocenters. The van der Waals surface area contributed by atoms with Crippen LogP contribution in [0.1, 0.15) is 12.6 Å². The number of carboxylic acid groups (broad SMARTS) is 1. The molecule has 6 heteroatoms. The summed E-state index contributed by atoms with van der Waals surface area (Å²) in [5, 5.41) is 15.9. The fourth-order valence-electron chi connectivity index (χ4n) is 1.52. The van der Waals surface area contributed by atoms with Crippen molar-refractivity contribution in [1.29, 1.82) is 0 Å². The van der Waals surface area contributed by atoms with Gasteiger partial charge in [0.1, 0.15) is 5.75 Å². The smallest absolute Gasteiger partial charge is 0.187 e. The van der Waals surface area contributed by atoms with Crippen LogP contribution in [0, 0.1) is 0 Å². The van der Waals surface area contributed by atoms with E-state index >= 15 is 0 Å². The number of aliphatic carboxylic acids is 1. The third kappa shape index (κ3) is 3.96. The lowest BCUT2D eigenvalue weighted by Gasteiger charge is -2.05. The maximum Gasteiger partial charge on any atom is 0.187 e. The third-order valence-corrected chi connectivity index (χ3v) is 3.10. The van der Waals surface area contributed by atoms with Crippen molar-refractivity contribution in [3.05, 3.63) is 35.3 Å². The molecule has 0 saturated carbocycles. The van der Waals surface area contributed by atoms with Gasteiger partial charge in [0, 0.05) is 23.5 Å². The zero-order valence-electron chi connectivity index (χ0n) is 10.4. The van der Waals surface area contributed by atoms with Crippen LogP contribution in [0.25, 0.3) is 0 Å². The number of carboxylic acids is 1. The van der Waals surface area contributed by atoms with Crippen molar-refractivity contribution in [3.8, 4) is 5.75 Å². The third-order valence-electron chi connectivity index (χ3n) is 2.29. The molecule has 0 amide bonds. The largest absolute Gasteiger partial charge is 0.550 e. The standard InChI is InChI=1S/C13H14N2O3S/c1-2-18-11-5-3-9(4-6-11)14-13-15-10(8-19-13)7-12(16)17/h3-6,8H,2,7H2,1H3,(H,14,15)(H,16,17)/p-1. The van der Waals surface area contributed by atoms with E-state index in [1.54, 1.807) is 5.38 Å². The number of ether oxygens (including phenoxy) is 1. The van der Waals surface area contributed by atoms with Gasteiger partial charge < -0.3 is 20.0 Å². The number of thiazole rings is 1. The fourth-order valence-corrected chi connectivity index (χ4v) is 2.25. The van der Waals surface area contributed by atoms with Crippen molar-refractivity contribution in [2.75, 3.05) is 11.9 Å². The molecule has 1 aromatic carbocycles. The Balaban J connectivity index is 2.00. The van der Waals surface area contributed by atoms with Crippen molar-refractivity contribution in [1.82, 2.24) is 4.98 Å². The normalized spacial score (nSPS) is 10.2. The first-order chi connectivity index (χ1) is 9.17. The molecule has 0 bridgehead atoms. The van der Waals surface area contributed by atoms with Crippen LogP contribution in [0.3, 0.4) is 0 Å². The van der Waals surface area contributed by atoms with Crippen LogP contribution in [0.15, 0.2) is 29.6 Å². The maximum absolute atomic E-state index is 10.5. The van der Waals surface area contributed by atoms with E-state index in [2.05, 4.69) is 10.3 Å². The van der Waals surface area contributed by atoms with E-state index in [0.29, 0.717) is 17.4 Å². The molecule has 0 spiro atoms. The van der Waals surface area contributed by atoms with Crippen molar-refractivity contribution in [2.24, 2.45) is 0 Å². The summed E-state index contributed by atoms with van der Waals surface area (Å²) < 4.78 is 5.35. The monoisotopic (exact) mass is 277 g/mol. The van der Waals surface area contributed by atoms with Crippen molar-refractivity contribution < 1.29 is 14.6 Å². The van der Waals surface area contributed by atoms with Gasteiger partial charge in [0.15, 0.2) is 5.13 Å².